The first-order valence-corrected chi connectivity index (χ1v) is 12.5. The van der Waals surface area contributed by atoms with Crippen molar-refractivity contribution in [2.45, 2.75) is 6.16 Å². The van der Waals surface area contributed by atoms with Crippen molar-refractivity contribution in [3.05, 3.63) is 109 Å². The third kappa shape index (κ3) is 4.93. The molecule has 0 bridgehead atoms. The predicted octanol–water partition coefficient (Wildman–Crippen LogP) is 5.78. The van der Waals surface area contributed by atoms with E-state index in [9.17, 15) is 0 Å². The molecular formula is C28H29BrO3P+. The Morgan fingerprint density at radius 2 is 0.909 bits per heavy atom. The molecule has 0 atom stereocenters. The minimum atomic E-state index is -2.01. The van der Waals surface area contributed by atoms with Gasteiger partial charge in [0.1, 0.15) is 23.2 Å². The molecule has 0 saturated heterocycles. The fraction of sp³-hybridized carbons (Fsp3) is 0.143. The molecule has 0 radical (unpaired) electrons. The molecule has 0 aliphatic rings. The van der Waals surface area contributed by atoms with E-state index in [0.717, 1.165) is 11.7 Å². The van der Waals surface area contributed by atoms with Gasteiger partial charge in [-0.05, 0) is 54.1 Å². The van der Waals surface area contributed by atoms with Gasteiger partial charge in [-0.1, -0.05) is 54.6 Å². The number of benzene rings is 4. The molecule has 0 amide bonds. The van der Waals surface area contributed by atoms with Crippen LogP contribution in [0.5, 0.6) is 17.2 Å². The van der Waals surface area contributed by atoms with Crippen molar-refractivity contribution < 1.29 is 14.2 Å². The molecule has 0 aromatic heterocycles. The van der Waals surface area contributed by atoms with Crippen LogP contribution in [0.1, 0.15) is 5.56 Å². The Kier molecular flexibility index (Phi) is 8.55. The van der Waals surface area contributed by atoms with E-state index < -0.39 is 7.26 Å². The topological polar surface area (TPSA) is 27.7 Å². The predicted molar refractivity (Wildman–Crippen MR) is 145 cm³/mol. The summed E-state index contributed by atoms with van der Waals surface area (Å²) in [7, 11) is 2.95. The van der Waals surface area contributed by atoms with Crippen LogP contribution in [0.25, 0.3) is 0 Å². The van der Waals surface area contributed by atoms with E-state index in [1.807, 2.05) is 0 Å². The summed E-state index contributed by atoms with van der Waals surface area (Å²) in [6.07, 6.45) is 0.835. The maximum Gasteiger partial charge on any atom is 0.203 e. The van der Waals surface area contributed by atoms with Gasteiger partial charge in [-0.3, -0.25) is 0 Å². The summed E-state index contributed by atoms with van der Waals surface area (Å²) in [6.45, 7) is 0. The lowest BCUT2D eigenvalue weighted by molar-refractivity contribution is 0.324. The van der Waals surface area contributed by atoms with Gasteiger partial charge in [0.05, 0.1) is 27.5 Å². The standard InChI is InChI=1S/C28H28O3P.BrH/c1-29-26-19-22(20-27(30-2)28(26)31-3)21-32(23-13-7-4-8-14-23,24-15-9-5-10-16-24)25-17-11-6-12-18-25;/h4-20H,21H2,1-3H3;1H/q+1;. The second-order valence-corrected chi connectivity index (χ2v) is 11.0. The minimum absolute atomic E-state index is 0. The molecular weight excluding hydrogens is 495 g/mol. The van der Waals surface area contributed by atoms with Crippen LogP contribution in [0.4, 0.5) is 0 Å². The summed E-state index contributed by atoms with van der Waals surface area (Å²) in [5.74, 6) is 1.96. The van der Waals surface area contributed by atoms with Crippen LogP contribution in [0, 0.1) is 0 Å². The molecule has 0 spiro atoms. The molecule has 0 fully saturated rings. The van der Waals surface area contributed by atoms with Crippen LogP contribution >= 0.6 is 24.2 Å². The van der Waals surface area contributed by atoms with E-state index in [2.05, 4.69) is 103 Å². The summed E-state index contributed by atoms with van der Waals surface area (Å²) in [5.41, 5.74) is 1.14. The molecule has 0 heterocycles. The number of hydrogen-bond donors (Lipinski definition) is 0. The summed E-state index contributed by atoms with van der Waals surface area (Å²) in [5, 5.41) is 4.02. The van der Waals surface area contributed by atoms with Crippen LogP contribution in [0.15, 0.2) is 103 Å². The van der Waals surface area contributed by atoms with Gasteiger partial charge in [-0.2, -0.15) is 0 Å². The molecule has 0 aliphatic carbocycles. The Bertz CT molecular complexity index is 1030. The second kappa shape index (κ2) is 11.4. The highest BCUT2D eigenvalue weighted by atomic mass is 79.9. The minimum Gasteiger partial charge on any atom is -0.493 e. The van der Waals surface area contributed by atoms with Crippen LogP contribution in [-0.4, -0.2) is 21.3 Å². The SMILES string of the molecule is Br.COc1cc(C[P+](c2ccccc2)(c2ccccc2)c2ccccc2)cc(OC)c1OC. The lowest BCUT2D eigenvalue weighted by Gasteiger charge is -2.28. The Morgan fingerprint density at radius 1 is 0.545 bits per heavy atom. The Hall–Kier alpha value is -2.81. The van der Waals surface area contributed by atoms with Crippen molar-refractivity contribution in [2.24, 2.45) is 0 Å². The summed E-state index contributed by atoms with van der Waals surface area (Å²) < 4.78 is 16.9. The normalized spacial score (nSPS) is 10.8. The average Bonchev–Trinajstić information content (AvgIpc) is 2.88. The molecule has 0 N–H and O–H groups in total. The van der Waals surface area contributed by atoms with Gasteiger partial charge in [-0.15, -0.1) is 17.0 Å². The van der Waals surface area contributed by atoms with E-state index in [0.29, 0.717) is 17.2 Å². The molecule has 0 aliphatic heterocycles. The lowest BCUT2D eigenvalue weighted by atomic mass is 10.2. The van der Waals surface area contributed by atoms with Gasteiger partial charge in [-0.25, -0.2) is 0 Å². The van der Waals surface area contributed by atoms with E-state index >= 15 is 0 Å². The van der Waals surface area contributed by atoms with Crippen molar-refractivity contribution in [2.75, 3.05) is 21.3 Å². The van der Waals surface area contributed by atoms with E-state index in [1.165, 1.54) is 15.9 Å². The molecule has 0 unspecified atom stereocenters. The highest BCUT2D eigenvalue weighted by molar-refractivity contribution is 8.93. The number of methoxy groups -OCH3 is 3. The number of ether oxygens (including phenoxy) is 3. The van der Waals surface area contributed by atoms with Crippen molar-refractivity contribution in [1.29, 1.82) is 0 Å². The van der Waals surface area contributed by atoms with Gasteiger partial charge in [0.2, 0.25) is 5.75 Å². The maximum atomic E-state index is 5.66. The van der Waals surface area contributed by atoms with Gasteiger partial charge in [0.25, 0.3) is 0 Å². The summed E-state index contributed by atoms with van der Waals surface area (Å²) in [4.78, 5) is 0. The molecule has 170 valence electrons. The zero-order chi connectivity index (χ0) is 22.4. The van der Waals surface area contributed by atoms with Crippen LogP contribution in [-0.2, 0) is 6.16 Å². The number of hydrogen-bond acceptors (Lipinski definition) is 3. The first-order chi connectivity index (χ1) is 15.7. The third-order valence-electron chi connectivity index (χ3n) is 5.74. The second-order valence-electron chi connectivity index (χ2n) is 7.51. The molecule has 4 aromatic rings. The zero-order valence-electron chi connectivity index (χ0n) is 19.1. The highest BCUT2D eigenvalue weighted by Gasteiger charge is 2.45. The van der Waals surface area contributed by atoms with Gasteiger partial charge < -0.3 is 14.2 Å². The first-order valence-electron chi connectivity index (χ1n) is 10.6. The quantitative estimate of drug-likeness (QED) is 0.274. The van der Waals surface area contributed by atoms with Gasteiger partial charge >= 0.3 is 0 Å². The van der Waals surface area contributed by atoms with Crippen LogP contribution in [0.3, 0.4) is 0 Å². The maximum absolute atomic E-state index is 5.66. The molecule has 4 aromatic carbocycles. The molecule has 5 heteroatoms. The van der Waals surface area contributed by atoms with Crippen LogP contribution in [0.2, 0.25) is 0 Å². The smallest absolute Gasteiger partial charge is 0.203 e. The molecule has 0 saturated carbocycles. The van der Waals surface area contributed by atoms with Gasteiger partial charge in [0.15, 0.2) is 11.5 Å². The largest absolute Gasteiger partial charge is 0.493 e. The molecule has 3 nitrogen and oxygen atoms in total. The summed E-state index contributed by atoms with van der Waals surface area (Å²) in [6, 6.07) is 36.7. The fourth-order valence-corrected chi connectivity index (χ4v) is 8.48. The van der Waals surface area contributed by atoms with E-state index in [4.69, 9.17) is 14.2 Å². The van der Waals surface area contributed by atoms with Crippen molar-refractivity contribution in [3.63, 3.8) is 0 Å². The summed E-state index contributed by atoms with van der Waals surface area (Å²) >= 11 is 0. The van der Waals surface area contributed by atoms with Gasteiger partial charge in [0, 0.05) is 0 Å². The van der Waals surface area contributed by atoms with Crippen molar-refractivity contribution >= 4 is 40.2 Å². The van der Waals surface area contributed by atoms with Crippen molar-refractivity contribution in [3.8, 4) is 17.2 Å². The van der Waals surface area contributed by atoms with E-state index in [-0.39, 0.29) is 17.0 Å². The third-order valence-corrected chi connectivity index (χ3v) is 10.1. The Labute approximate surface area is 207 Å². The first kappa shape index (κ1) is 24.8. The van der Waals surface area contributed by atoms with Crippen molar-refractivity contribution in [1.82, 2.24) is 0 Å². The zero-order valence-corrected chi connectivity index (χ0v) is 21.7. The lowest BCUT2D eigenvalue weighted by Crippen LogP contribution is -2.32. The molecule has 4 rings (SSSR count). The van der Waals surface area contributed by atoms with E-state index in [1.54, 1.807) is 21.3 Å². The van der Waals surface area contributed by atoms with Crippen LogP contribution < -0.4 is 30.1 Å². The number of halogens is 1. The highest BCUT2D eigenvalue weighted by Crippen LogP contribution is 2.59. The number of rotatable bonds is 8. The fourth-order valence-electron chi connectivity index (χ4n) is 4.27. The Morgan fingerprint density at radius 3 is 1.21 bits per heavy atom. The average molecular weight is 524 g/mol. The monoisotopic (exact) mass is 523 g/mol. The Balaban J connectivity index is 0.00000306. The molecule has 33 heavy (non-hydrogen) atoms.